The highest BCUT2D eigenvalue weighted by atomic mass is 127. The van der Waals surface area contributed by atoms with Gasteiger partial charge >= 0.3 is 0 Å². The van der Waals surface area contributed by atoms with E-state index >= 15 is 0 Å². The minimum absolute atomic E-state index is 0.215. The van der Waals surface area contributed by atoms with Crippen molar-refractivity contribution in [3.63, 3.8) is 0 Å². The summed E-state index contributed by atoms with van der Waals surface area (Å²) in [6.07, 6.45) is 1.51. The predicted octanol–water partition coefficient (Wildman–Crippen LogP) is 2.85. The summed E-state index contributed by atoms with van der Waals surface area (Å²) in [6.45, 7) is 0. The van der Waals surface area contributed by atoms with Gasteiger partial charge < -0.3 is 0 Å². The SMILES string of the molecule is O=S(=O)(Nc1cc(Cl)ccc1I)C1CC1. The fraction of sp³-hybridized carbons (Fsp3) is 0.333. The van der Waals surface area contributed by atoms with E-state index in [1.54, 1.807) is 18.2 Å². The van der Waals surface area contributed by atoms with Crippen LogP contribution in [0, 0.1) is 3.57 Å². The van der Waals surface area contributed by atoms with E-state index in [0.29, 0.717) is 10.7 Å². The molecule has 0 unspecified atom stereocenters. The molecule has 15 heavy (non-hydrogen) atoms. The van der Waals surface area contributed by atoms with Gasteiger partial charge in [0.25, 0.3) is 0 Å². The molecule has 6 heteroatoms. The fourth-order valence-corrected chi connectivity index (χ4v) is 3.41. The summed E-state index contributed by atoms with van der Waals surface area (Å²) < 4.78 is 26.8. The van der Waals surface area contributed by atoms with Crippen LogP contribution >= 0.6 is 34.2 Å². The monoisotopic (exact) mass is 357 g/mol. The second-order valence-corrected chi connectivity index (χ2v) is 7.03. The molecule has 0 aliphatic heterocycles. The first-order valence-corrected chi connectivity index (χ1v) is 7.46. The number of halogens is 2. The molecule has 0 spiro atoms. The normalized spacial score (nSPS) is 16.4. The van der Waals surface area contributed by atoms with Crippen molar-refractivity contribution in [2.45, 2.75) is 18.1 Å². The predicted molar refractivity (Wildman–Crippen MR) is 69.7 cm³/mol. The zero-order chi connectivity index (χ0) is 11.1. The Morgan fingerprint density at radius 3 is 2.67 bits per heavy atom. The molecule has 1 aromatic rings. The molecule has 0 heterocycles. The molecule has 0 radical (unpaired) electrons. The van der Waals surface area contributed by atoms with E-state index in [1.165, 1.54) is 0 Å². The quantitative estimate of drug-likeness (QED) is 0.846. The van der Waals surface area contributed by atoms with E-state index < -0.39 is 10.0 Å². The first-order chi connectivity index (χ1) is 6.99. The lowest BCUT2D eigenvalue weighted by Crippen LogP contribution is -2.17. The maximum absolute atomic E-state index is 11.7. The van der Waals surface area contributed by atoms with E-state index in [2.05, 4.69) is 27.3 Å². The Balaban J connectivity index is 2.27. The van der Waals surface area contributed by atoms with E-state index in [1.807, 2.05) is 0 Å². The van der Waals surface area contributed by atoms with Crippen LogP contribution in [0.4, 0.5) is 5.69 Å². The van der Waals surface area contributed by atoms with Crippen LogP contribution in [0.25, 0.3) is 0 Å². The van der Waals surface area contributed by atoms with Crippen molar-refractivity contribution in [2.75, 3.05) is 4.72 Å². The topological polar surface area (TPSA) is 46.2 Å². The van der Waals surface area contributed by atoms with Crippen molar-refractivity contribution in [2.24, 2.45) is 0 Å². The summed E-state index contributed by atoms with van der Waals surface area (Å²) in [5.74, 6) is 0. The lowest BCUT2D eigenvalue weighted by molar-refractivity contribution is 0.600. The minimum Gasteiger partial charge on any atom is -0.282 e. The number of rotatable bonds is 3. The summed E-state index contributed by atoms with van der Waals surface area (Å²) in [5.41, 5.74) is 0.565. The zero-order valence-corrected chi connectivity index (χ0v) is 11.4. The molecule has 0 saturated heterocycles. The molecule has 0 bridgehead atoms. The highest BCUT2D eigenvalue weighted by Gasteiger charge is 2.35. The summed E-state index contributed by atoms with van der Waals surface area (Å²) in [6, 6.07) is 5.15. The first-order valence-electron chi connectivity index (χ1n) is 4.46. The first kappa shape index (κ1) is 11.5. The number of hydrogen-bond donors (Lipinski definition) is 1. The molecule has 82 valence electrons. The van der Waals surface area contributed by atoms with Crippen molar-refractivity contribution in [3.05, 3.63) is 26.8 Å². The molecule has 1 aliphatic rings. The number of nitrogens with one attached hydrogen (secondary N) is 1. The summed E-state index contributed by atoms with van der Waals surface area (Å²) >= 11 is 7.88. The van der Waals surface area contributed by atoms with Gasteiger partial charge in [0.1, 0.15) is 0 Å². The summed E-state index contributed by atoms with van der Waals surface area (Å²) in [5, 5.41) is 0.316. The summed E-state index contributed by atoms with van der Waals surface area (Å²) in [7, 11) is -3.19. The molecule has 1 fully saturated rings. The Kier molecular flexibility index (Phi) is 3.14. The maximum Gasteiger partial charge on any atom is 0.235 e. The van der Waals surface area contributed by atoms with Gasteiger partial charge in [-0.25, -0.2) is 8.42 Å². The molecule has 1 aliphatic carbocycles. The van der Waals surface area contributed by atoms with Gasteiger partial charge in [0.2, 0.25) is 10.0 Å². The van der Waals surface area contributed by atoms with Gasteiger partial charge in [-0.1, -0.05) is 11.6 Å². The lowest BCUT2D eigenvalue weighted by Gasteiger charge is -2.08. The Morgan fingerprint density at radius 1 is 1.40 bits per heavy atom. The second-order valence-electron chi connectivity index (χ2n) is 3.47. The van der Waals surface area contributed by atoms with E-state index in [9.17, 15) is 8.42 Å². The van der Waals surface area contributed by atoms with Gasteiger partial charge in [0, 0.05) is 8.59 Å². The zero-order valence-electron chi connectivity index (χ0n) is 7.70. The largest absolute Gasteiger partial charge is 0.282 e. The molecule has 2 rings (SSSR count). The molecule has 0 amide bonds. The molecule has 3 nitrogen and oxygen atoms in total. The lowest BCUT2D eigenvalue weighted by atomic mass is 10.3. The molecule has 1 saturated carbocycles. The number of anilines is 1. The van der Waals surface area contributed by atoms with Crippen molar-refractivity contribution >= 4 is 49.9 Å². The Bertz CT molecular complexity index is 485. The van der Waals surface area contributed by atoms with E-state index in [0.717, 1.165) is 16.4 Å². The van der Waals surface area contributed by atoms with Gasteiger partial charge in [-0.05, 0) is 53.6 Å². The van der Waals surface area contributed by atoms with Crippen LogP contribution in [0.1, 0.15) is 12.8 Å². The molecule has 0 atom stereocenters. The van der Waals surface area contributed by atoms with Crippen LogP contribution in [0.5, 0.6) is 0 Å². The van der Waals surface area contributed by atoms with Crippen molar-refractivity contribution in [3.8, 4) is 0 Å². The Morgan fingerprint density at radius 2 is 2.07 bits per heavy atom. The van der Waals surface area contributed by atoms with Crippen LogP contribution < -0.4 is 4.72 Å². The number of benzene rings is 1. The summed E-state index contributed by atoms with van der Waals surface area (Å²) in [4.78, 5) is 0. The van der Waals surface area contributed by atoms with Crippen molar-refractivity contribution in [1.82, 2.24) is 0 Å². The van der Waals surface area contributed by atoms with E-state index in [4.69, 9.17) is 11.6 Å². The van der Waals surface area contributed by atoms with Crippen LogP contribution in [0.15, 0.2) is 18.2 Å². The standard InChI is InChI=1S/C9H9ClINO2S/c10-6-1-4-8(11)9(5-6)12-15(13,14)7-2-3-7/h1,4-5,7,12H,2-3H2. The second kappa shape index (κ2) is 4.10. The average molecular weight is 358 g/mol. The third-order valence-corrected chi connectivity index (χ3v) is 5.17. The highest BCUT2D eigenvalue weighted by molar-refractivity contribution is 14.1. The van der Waals surface area contributed by atoms with Gasteiger partial charge in [-0.3, -0.25) is 4.72 Å². The molecular weight excluding hydrogens is 349 g/mol. The average Bonchev–Trinajstić information content (AvgIpc) is 2.93. The fourth-order valence-electron chi connectivity index (χ4n) is 1.19. The number of sulfonamides is 1. The number of hydrogen-bond acceptors (Lipinski definition) is 2. The maximum atomic E-state index is 11.7. The van der Waals surface area contributed by atoms with Gasteiger partial charge in [0.05, 0.1) is 10.9 Å². The van der Waals surface area contributed by atoms with Crippen LogP contribution in [0.3, 0.4) is 0 Å². The van der Waals surface area contributed by atoms with Gasteiger partial charge in [-0.15, -0.1) is 0 Å². The van der Waals surface area contributed by atoms with Crippen LogP contribution in [-0.2, 0) is 10.0 Å². The van der Waals surface area contributed by atoms with Crippen molar-refractivity contribution < 1.29 is 8.42 Å². The Hall–Kier alpha value is -0.0100. The smallest absolute Gasteiger partial charge is 0.235 e. The van der Waals surface area contributed by atoms with Gasteiger partial charge in [0.15, 0.2) is 0 Å². The Labute approximate surface area is 107 Å². The molecule has 1 N–H and O–H groups in total. The highest BCUT2D eigenvalue weighted by Crippen LogP contribution is 2.31. The van der Waals surface area contributed by atoms with E-state index in [-0.39, 0.29) is 5.25 Å². The third kappa shape index (κ3) is 2.76. The van der Waals surface area contributed by atoms with Crippen LogP contribution in [0.2, 0.25) is 5.02 Å². The molecular formula is C9H9ClINO2S. The van der Waals surface area contributed by atoms with Crippen LogP contribution in [-0.4, -0.2) is 13.7 Å². The van der Waals surface area contributed by atoms with Gasteiger partial charge in [-0.2, -0.15) is 0 Å². The minimum atomic E-state index is -3.19. The molecule has 0 aromatic heterocycles. The third-order valence-electron chi connectivity index (χ3n) is 2.14. The van der Waals surface area contributed by atoms with Crippen molar-refractivity contribution in [1.29, 1.82) is 0 Å². The molecule has 1 aromatic carbocycles.